The van der Waals surface area contributed by atoms with Gasteiger partial charge >= 0.3 is 6.01 Å². The van der Waals surface area contributed by atoms with Gasteiger partial charge in [-0.25, -0.2) is 0 Å². The lowest BCUT2D eigenvalue weighted by Gasteiger charge is -2.18. The molecule has 0 fully saturated rings. The fraction of sp³-hybridized carbons (Fsp3) is 0.571. The van der Waals surface area contributed by atoms with Crippen LogP contribution in [0, 0.1) is 0 Å². The van der Waals surface area contributed by atoms with E-state index >= 15 is 0 Å². The Balaban J connectivity index is 1.83. The Hall–Kier alpha value is -1.40. The fourth-order valence-electron chi connectivity index (χ4n) is 1.75. The van der Waals surface area contributed by atoms with Gasteiger partial charge in [0.2, 0.25) is 5.89 Å². The second-order valence-corrected chi connectivity index (χ2v) is 6.77. The van der Waals surface area contributed by atoms with Gasteiger partial charge in [0, 0.05) is 11.6 Å². The molecule has 110 valence electrons. The van der Waals surface area contributed by atoms with Crippen LogP contribution in [-0.4, -0.2) is 21.8 Å². The molecule has 5 nitrogen and oxygen atoms in total. The largest absolute Gasteiger partial charge is 0.407 e. The number of nitrogens with one attached hydrogen (secondary N) is 2. The number of hydrogen-bond donors (Lipinski definition) is 2. The molecule has 1 unspecified atom stereocenters. The van der Waals surface area contributed by atoms with Crippen LogP contribution in [0.3, 0.4) is 0 Å². The molecule has 2 heterocycles. The van der Waals surface area contributed by atoms with Crippen molar-refractivity contribution in [2.24, 2.45) is 0 Å². The molecular formula is C14H22N4OS. The first kappa shape index (κ1) is 15.0. The highest BCUT2D eigenvalue weighted by atomic mass is 32.1. The van der Waals surface area contributed by atoms with Crippen LogP contribution < -0.4 is 10.6 Å². The minimum absolute atomic E-state index is 0.0360. The predicted molar refractivity (Wildman–Crippen MR) is 82.0 cm³/mol. The molecule has 0 amide bonds. The molecule has 0 aliphatic heterocycles. The third kappa shape index (κ3) is 4.94. The molecule has 1 atom stereocenters. The van der Waals surface area contributed by atoms with Gasteiger partial charge in [-0.1, -0.05) is 5.10 Å². The van der Waals surface area contributed by atoms with Gasteiger partial charge in [-0.2, -0.15) is 11.3 Å². The van der Waals surface area contributed by atoms with E-state index in [2.05, 4.69) is 65.4 Å². The molecule has 2 N–H and O–H groups in total. The Kier molecular flexibility index (Phi) is 4.77. The van der Waals surface area contributed by atoms with Crippen molar-refractivity contribution in [3.8, 4) is 0 Å². The maximum atomic E-state index is 5.58. The summed E-state index contributed by atoms with van der Waals surface area (Å²) in [7, 11) is 0. The minimum Gasteiger partial charge on any atom is -0.407 e. The Labute approximate surface area is 123 Å². The Morgan fingerprint density at radius 3 is 2.80 bits per heavy atom. The van der Waals surface area contributed by atoms with Crippen molar-refractivity contribution in [3.63, 3.8) is 0 Å². The SMILES string of the molecule is CC(Cc1ccsc1)Nc1nnc(CNC(C)(C)C)o1. The standard InChI is InChI=1S/C14H22N4OS/c1-10(7-11-5-6-20-9-11)16-13-18-17-12(19-13)8-15-14(2,3)4/h5-6,9-10,15H,7-8H2,1-4H3,(H,16,18). The van der Waals surface area contributed by atoms with Gasteiger partial charge in [0.1, 0.15) is 0 Å². The maximum Gasteiger partial charge on any atom is 0.315 e. The van der Waals surface area contributed by atoms with Crippen LogP contribution in [-0.2, 0) is 13.0 Å². The highest BCUT2D eigenvalue weighted by Crippen LogP contribution is 2.13. The van der Waals surface area contributed by atoms with Crippen molar-refractivity contribution in [2.75, 3.05) is 5.32 Å². The van der Waals surface area contributed by atoms with Crippen molar-refractivity contribution >= 4 is 17.4 Å². The van der Waals surface area contributed by atoms with Gasteiger partial charge in [0.25, 0.3) is 0 Å². The molecule has 0 aliphatic rings. The second kappa shape index (κ2) is 6.37. The molecule has 2 aromatic rings. The molecule has 0 saturated carbocycles. The lowest BCUT2D eigenvalue weighted by atomic mass is 10.1. The van der Waals surface area contributed by atoms with Crippen molar-refractivity contribution in [2.45, 2.75) is 52.2 Å². The average molecular weight is 294 g/mol. The van der Waals surface area contributed by atoms with Gasteiger partial charge in [-0.3, -0.25) is 0 Å². The zero-order chi connectivity index (χ0) is 14.6. The number of anilines is 1. The number of aromatic nitrogens is 2. The van der Waals surface area contributed by atoms with Gasteiger partial charge in [0.15, 0.2) is 0 Å². The summed E-state index contributed by atoms with van der Waals surface area (Å²) in [6.07, 6.45) is 0.946. The van der Waals surface area contributed by atoms with E-state index in [9.17, 15) is 0 Å². The fourth-order valence-corrected chi connectivity index (χ4v) is 2.43. The van der Waals surface area contributed by atoms with Crippen LogP contribution >= 0.6 is 11.3 Å². The third-order valence-electron chi connectivity index (χ3n) is 2.73. The third-order valence-corrected chi connectivity index (χ3v) is 3.46. The first-order valence-electron chi connectivity index (χ1n) is 6.77. The van der Waals surface area contributed by atoms with E-state index in [1.807, 2.05) is 0 Å². The first-order chi connectivity index (χ1) is 9.42. The quantitative estimate of drug-likeness (QED) is 0.857. The van der Waals surface area contributed by atoms with Crippen LogP contribution in [0.1, 0.15) is 39.1 Å². The molecule has 0 bridgehead atoms. The molecule has 20 heavy (non-hydrogen) atoms. The topological polar surface area (TPSA) is 63.0 Å². The maximum absolute atomic E-state index is 5.58. The molecule has 2 aromatic heterocycles. The van der Waals surface area contributed by atoms with E-state index < -0.39 is 0 Å². The molecule has 0 saturated heterocycles. The van der Waals surface area contributed by atoms with Crippen LogP contribution in [0.2, 0.25) is 0 Å². The molecule has 0 radical (unpaired) electrons. The lowest BCUT2D eigenvalue weighted by molar-refractivity contribution is 0.383. The van der Waals surface area contributed by atoms with E-state index in [1.165, 1.54) is 5.56 Å². The summed E-state index contributed by atoms with van der Waals surface area (Å²) in [4.78, 5) is 0. The van der Waals surface area contributed by atoms with Gasteiger partial charge in [0.05, 0.1) is 6.54 Å². The van der Waals surface area contributed by atoms with E-state index in [4.69, 9.17) is 4.42 Å². The van der Waals surface area contributed by atoms with Gasteiger partial charge in [-0.05, 0) is 56.5 Å². The summed E-state index contributed by atoms with van der Waals surface area (Å²) in [5, 5.41) is 18.8. The summed E-state index contributed by atoms with van der Waals surface area (Å²) in [6, 6.07) is 2.88. The zero-order valence-electron chi connectivity index (χ0n) is 12.4. The monoisotopic (exact) mass is 294 g/mol. The summed E-state index contributed by atoms with van der Waals surface area (Å²) < 4.78 is 5.58. The van der Waals surface area contributed by atoms with Gasteiger partial charge in [-0.15, -0.1) is 5.10 Å². The number of nitrogens with zero attached hydrogens (tertiary/aromatic N) is 2. The van der Waals surface area contributed by atoms with Crippen LogP contribution in [0.15, 0.2) is 21.2 Å². The highest BCUT2D eigenvalue weighted by molar-refractivity contribution is 7.07. The van der Waals surface area contributed by atoms with Crippen molar-refractivity contribution < 1.29 is 4.42 Å². The Morgan fingerprint density at radius 2 is 2.15 bits per heavy atom. The minimum atomic E-state index is 0.0360. The van der Waals surface area contributed by atoms with Crippen LogP contribution in [0.4, 0.5) is 6.01 Å². The van der Waals surface area contributed by atoms with E-state index in [0.717, 1.165) is 6.42 Å². The van der Waals surface area contributed by atoms with Gasteiger partial charge < -0.3 is 15.1 Å². The highest BCUT2D eigenvalue weighted by Gasteiger charge is 2.13. The van der Waals surface area contributed by atoms with E-state index in [1.54, 1.807) is 11.3 Å². The number of rotatable bonds is 6. The smallest absolute Gasteiger partial charge is 0.315 e. The summed E-state index contributed by atoms with van der Waals surface area (Å²) in [6.45, 7) is 8.99. The Morgan fingerprint density at radius 1 is 1.35 bits per heavy atom. The van der Waals surface area contributed by atoms with Crippen molar-refractivity contribution in [3.05, 3.63) is 28.3 Å². The summed E-state index contributed by atoms with van der Waals surface area (Å²) in [5.74, 6) is 0.602. The Bertz CT molecular complexity index is 516. The molecular weight excluding hydrogens is 272 g/mol. The molecule has 6 heteroatoms. The summed E-state index contributed by atoms with van der Waals surface area (Å²) >= 11 is 1.71. The average Bonchev–Trinajstić information content (AvgIpc) is 2.97. The molecule has 0 spiro atoms. The number of hydrogen-bond acceptors (Lipinski definition) is 6. The van der Waals surface area contributed by atoms with Crippen molar-refractivity contribution in [1.29, 1.82) is 0 Å². The normalized spacial score (nSPS) is 13.4. The van der Waals surface area contributed by atoms with E-state index in [-0.39, 0.29) is 11.6 Å². The molecule has 0 aromatic carbocycles. The van der Waals surface area contributed by atoms with E-state index in [0.29, 0.717) is 18.5 Å². The van der Waals surface area contributed by atoms with Crippen LogP contribution in [0.5, 0.6) is 0 Å². The predicted octanol–water partition coefficient (Wildman–Crippen LogP) is 3.06. The second-order valence-electron chi connectivity index (χ2n) is 5.99. The number of thiophene rings is 1. The summed E-state index contributed by atoms with van der Waals surface area (Å²) in [5.41, 5.74) is 1.36. The van der Waals surface area contributed by atoms with Crippen LogP contribution in [0.25, 0.3) is 0 Å². The lowest BCUT2D eigenvalue weighted by Crippen LogP contribution is -2.35. The zero-order valence-corrected chi connectivity index (χ0v) is 13.3. The van der Waals surface area contributed by atoms with Crippen molar-refractivity contribution in [1.82, 2.24) is 15.5 Å². The molecule has 2 rings (SSSR count). The molecule has 0 aliphatic carbocycles. The first-order valence-corrected chi connectivity index (χ1v) is 7.72.